The van der Waals surface area contributed by atoms with Gasteiger partial charge in [0, 0.05) is 29.7 Å². The summed E-state index contributed by atoms with van der Waals surface area (Å²) < 4.78 is 1.85. The predicted molar refractivity (Wildman–Crippen MR) is 102 cm³/mol. The predicted octanol–water partition coefficient (Wildman–Crippen LogP) is 4.33. The van der Waals surface area contributed by atoms with Gasteiger partial charge in [0.2, 0.25) is 0 Å². The van der Waals surface area contributed by atoms with Crippen molar-refractivity contribution in [3.05, 3.63) is 88.5 Å². The summed E-state index contributed by atoms with van der Waals surface area (Å²) in [5.74, 6) is 0.496. The zero-order valence-corrected chi connectivity index (χ0v) is 14.0. The van der Waals surface area contributed by atoms with Crippen molar-refractivity contribution in [3.8, 4) is 11.8 Å². The highest BCUT2D eigenvalue weighted by atomic mass is 16.6. The monoisotopic (exact) mass is 355 g/mol. The molecule has 4 aromatic rings. The number of hydrogen-bond donors (Lipinski definition) is 1. The molecular weight excluding hydrogens is 342 g/mol. The number of nitro groups is 1. The van der Waals surface area contributed by atoms with Crippen molar-refractivity contribution in [2.45, 2.75) is 0 Å². The fourth-order valence-corrected chi connectivity index (χ4v) is 2.86. The van der Waals surface area contributed by atoms with Gasteiger partial charge in [-0.25, -0.2) is 4.98 Å². The number of allylic oxidation sites excluding steroid dienone is 1. The van der Waals surface area contributed by atoms with E-state index in [1.54, 1.807) is 18.2 Å². The van der Waals surface area contributed by atoms with Gasteiger partial charge in [-0.1, -0.05) is 12.1 Å². The second kappa shape index (κ2) is 6.61. The Hall–Kier alpha value is -4.18. The highest BCUT2D eigenvalue weighted by Crippen LogP contribution is 2.22. The molecule has 0 radical (unpaired) electrons. The van der Waals surface area contributed by atoms with E-state index in [0.29, 0.717) is 11.4 Å². The van der Waals surface area contributed by atoms with Gasteiger partial charge in [0.1, 0.15) is 11.9 Å². The molecule has 1 N–H and O–H groups in total. The third-order valence-electron chi connectivity index (χ3n) is 4.18. The summed E-state index contributed by atoms with van der Waals surface area (Å²) in [5.41, 5.74) is 3.61. The van der Waals surface area contributed by atoms with Crippen molar-refractivity contribution in [3.63, 3.8) is 0 Å². The molecule has 130 valence electrons. The molecule has 2 heterocycles. The molecule has 0 saturated carbocycles. The standard InChI is InChI=1S/C20H13N5O2/c21-13-14(20-22-18-5-1-2-6-19(18)23-20)12-17-4-3-11-24(17)15-7-9-16(10-8-15)25(26)27/h1-12H,(H,22,23)/b14-12+. The lowest BCUT2D eigenvalue weighted by atomic mass is 10.2. The van der Waals surface area contributed by atoms with Crippen LogP contribution in [0.4, 0.5) is 5.69 Å². The third kappa shape index (κ3) is 3.07. The molecule has 27 heavy (non-hydrogen) atoms. The Balaban J connectivity index is 1.74. The molecule has 7 heteroatoms. The number of hydrogen-bond acceptors (Lipinski definition) is 4. The molecule has 0 spiro atoms. The highest BCUT2D eigenvalue weighted by Gasteiger charge is 2.10. The van der Waals surface area contributed by atoms with E-state index in [2.05, 4.69) is 16.0 Å². The first-order valence-electron chi connectivity index (χ1n) is 8.15. The van der Waals surface area contributed by atoms with Crippen LogP contribution in [0.25, 0.3) is 28.4 Å². The van der Waals surface area contributed by atoms with Crippen LogP contribution in [0.3, 0.4) is 0 Å². The molecule has 7 nitrogen and oxygen atoms in total. The zero-order chi connectivity index (χ0) is 18.8. The van der Waals surface area contributed by atoms with Crippen molar-refractivity contribution in [2.24, 2.45) is 0 Å². The molecule has 0 saturated heterocycles. The minimum Gasteiger partial charge on any atom is -0.337 e. The van der Waals surface area contributed by atoms with Crippen LogP contribution in [-0.4, -0.2) is 19.5 Å². The SMILES string of the molecule is N#C/C(=C\c1cccn1-c1ccc([N+](=O)[O-])cc1)c1nc2ccccc2[nH]1. The second-order valence-corrected chi connectivity index (χ2v) is 5.85. The van der Waals surface area contributed by atoms with E-state index in [4.69, 9.17) is 0 Å². The van der Waals surface area contributed by atoms with Crippen molar-refractivity contribution < 1.29 is 4.92 Å². The number of aromatic amines is 1. The topological polar surface area (TPSA) is 101 Å². The van der Waals surface area contributed by atoms with Gasteiger partial charge in [0.25, 0.3) is 5.69 Å². The maximum Gasteiger partial charge on any atom is 0.269 e. The average Bonchev–Trinajstić information content (AvgIpc) is 3.32. The molecule has 2 aromatic carbocycles. The fraction of sp³-hybridized carbons (Fsp3) is 0. The van der Waals surface area contributed by atoms with E-state index in [-0.39, 0.29) is 5.69 Å². The van der Waals surface area contributed by atoms with Crippen LogP contribution in [0, 0.1) is 21.4 Å². The number of non-ortho nitro benzene ring substituents is 1. The average molecular weight is 355 g/mol. The van der Waals surface area contributed by atoms with E-state index >= 15 is 0 Å². The number of nitrogens with one attached hydrogen (secondary N) is 1. The molecule has 0 fully saturated rings. The molecular formula is C20H13N5O2. The number of nitriles is 1. The Kier molecular flexibility index (Phi) is 3.99. The summed E-state index contributed by atoms with van der Waals surface area (Å²) in [7, 11) is 0. The van der Waals surface area contributed by atoms with Gasteiger partial charge in [-0.15, -0.1) is 0 Å². The van der Waals surface area contributed by atoms with E-state index in [9.17, 15) is 15.4 Å². The van der Waals surface area contributed by atoms with Crippen molar-refractivity contribution in [2.75, 3.05) is 0 Å². The number of aromatic nitrogens is 3. The number of nitrogens with zero attached hydrogens (tertiary/aromatic N) is 4. The van der Waals surface area contributed by atoms with Crippen LogP contribution >= 0.6 is 0 Å². The Morgan fingerprint density at radius 3 is 2.63 bits per heavy atom. The quantitative estimate of drug-likeness (QED) is 0.334. The lowest BCUT2D eigenvalue weighted by molar-refractivity contribution is -0.384. The number of H-pyrrole nitrogens is 1. The highest BCUT2D eigenvalue weighted by molar-refractivity contribution is 5.90. The van der Waals surface area contributed by atoms with Gasteiger partial charge >= 0.3 is 0 Å². The van der Waals surface area contributed by atoms with Gasteiger partial charge in [-0.3, -0.25) is 10.1 Å². The summed E-state index contributed by atoms with van der Waals surface area (Å²) in [6, 6.07) is 19.7. The first-order valence-corrected chi connectivity index (χ1v) is 8.15. The minimum absolute atomic E-state index is 0.0305. The van der Waals surface area contributed by atoms with E-state index in [1.165, 1.54) is 12.1 Å². The first kappa shape index (κ1) is 16.3. The Morgan fingerprint density at radius 1 is 1.15 bits per heavy atom. The van der Waals surface area contributed by atoms with Gasteiger partial charge in [0.15, 0.2) is 0 Å². The Bertz CT molecular complexity index is 1180. The van der Waals surface area contributed by atoms with Gasteiger partial charge < -0.3 is 9.55 Å². The maximum atomic E-state index is 10.8. The fourth-order valence-electron chi connectivity index (χ4n) is 2.86. The van der Waals surface area contributed by atoms with Crippen LogP contribution in [0.5, 0.6) is 0 Å². The summed E-state index contributed by atoms with van der Waals surface area (Å²) in [4.78, 5) is 18.0. The lowest BCUT2D eigenvalue weighted by Crippen LogP contribution is -1.96. The van der Waals surface area contributed by atoms with Crippen LogP contribution in [0.15, 0.2) is 66.9 Å². The number of fused-ring (bicyclic) bond motifs is 1. The molecule has 0 unspecified atom stereocenters. The number of benzene rings is 2. The molecule has 0 aliphatic rings. The van der Waals surface area contributed by atoms with Gasteiger partial charge in [-0.05, 0) is 42.5 Å². The maximum absolute atomic E-state index is 10.8. The van der Waals surface area contributed by atoms with Crippen LogP contribution < -0.4 is 0 Å². The molecule has 0 amide bonds. The normalized spacial score (nSPS) is 11.4. The lowest BCUT2D eigenvalue weighted by Gasteiger charge is -2.06. The van der Waals surface area contributed by atoms with Crippen LogP contribution in [-0.2, 0) is 0 Å². The van der Waals surface area contributed by atoms with Gasteiger partial charge in [-0.2, -0.15) is 5.26 Å². The summed E-state index contributed by atoms with van der Waals surface area (Å²) in [6.07, 6.45) is 3.57. The summed E-state index contributed by atoms with van der Waals surface area (Å²) in [6.45, 7) is 0. The van der Waals surface area contributed by atoms with Crippen molar-refractivity contribution >= 4 is 28.4 Å². The number of nitro benzene ring substituents is 1. The van der Waals surface area contributed by atoms with Crippen molar-refractivity contribution in [1.82, 2.24) is 14.5 Å². The Morgan fingerprint density at radius 2 is 1.93 bits per heavy atom. The van der Waals surface area contributed by atoms with E-state index < -0.39 is 4.92 Å². The number of para-hydroxylation sites is 2. The minimum atomic E-state index is -0.435. The summed E-state index contributed by atoms with van der Waals surface area (Å²) in [5, 5.41) is 20.4. The molecule has 4 rings (SSSR count). The van der Waals surface area contributed by atoms with Crippen LogP contribution in [0.2, 0.25) is 0 Å². The van der Waals surface area contributed by atoms with Gasteiger partial charge in [0.05, 0.1) is 21.5 Å². The number of rotatable bonds is 4. The largest absolute Gasteiger partial charge is 0.337 e. The number of imidazole rings is 1. The molecule has 2 aromatic heterocycles. The smallest absolute Gasteiger partial charge is 0.269 e. The van der Waals surface area contributed by atoms with Crippen molar-refractivity contribution in [1.29, 1.82) is 5.26 Å². The first-order chi connectivity index (χ1) is 13.2. The summed E-state index contributed by atoms with van der Waals surface area (Å²) >= 11 is 0. The van der Waals surface area contributed by atoms with E-state index in [1.807, 2.05) is 47.2 Å². The molecule has 0 aliphatic heterocycles. The second-order valence-electron chi connectivity index (χ2n) is 5.85. The zero-order valence-electron chi connectivity index (χ0n) is 14.0. The van der Waals surface area contributed by atoms with Crippen LogP contribution in [0.1, 0.15) is 11.5 Å². The molecule has 0 bridgehead atoms. The Labute approximate surface area is 154 Å². The molecule has 0 atom stereocenters. The third-order valence-corrected chi connectivity index (χ3v) is 4.18. The molecule has 0 aliphatic carbocycles. The van der Waals surface area contributed by atoms with E-state index in [0.717, 1.165) is 22.4 Å².